The average molecular weight is 537 g/mol. The van der Waals surface area contributed by atoms with Gasteiger partial charge in [0.1, 0.15) is 23.4 Å². The predicted octanol–water partition coefficient (Wildman–Crippen LogP) is 4.82. The molecule has 12 heteroatoms. The number of thioether (sulfide) groups is 1. The molecule has 9 nitrogen and oxygen atoms in total. The summed E-state index contributed by atoms with van der Waals surface area (Å²) in [6.45, 7) is 2.28. The SMILES string of the molecule is COC[C@]12C=C1[C@@](C)(c1cc(Nc3nccc4cc(OCc5cnco5)cnc34)cc(F)c1F)N=C(N)S2. The number of rotatable bonds is 8. The number of aromatic nitrogens is 3. The van der Waals surface area contributed by atoms with Gasteiger partial charge >= 0.3 is 0 Å². The van der Waals surface area contributed by atoms with Gasteiger partial charge < -0.3 is 24.9 Å². The van der Waals surface area contributed by atoms with Gasteiger partial charge in [0.05, 0.1) is 23.7 Å². The molecule has 0 fully saturated rings. The number of pyridine rings is 2. The van der Waals surface area contributed by atoms with Crippen LogP contribution in [0.25, 0.3) is 10.9 Å². The minimum Gasteiger partial charge on any atom is -0.484 e. The highest BCUT2D eigenvalue weighted by Crippen LogP contribution is 2.60. The molecule has 2 aliphatic rings. The molecular formula is C26H22F2N6O3S. The monoisotopic (exact) mass is 536 g/mol. The van der Waals surface area contributed by atoms with E-state index in [1.165, 1.54) is 24.2 Å². The second kappa shape index (κ2) is 9.07. The summed E-state index contributed by atoms with van der Waals surface area (Å²) in [5.41, 5.74) is 6.62. The van der Waals surface area contributed by atoms with Gasteiger partial charge in [-0.25, -0.2) is 28.7 Å². The van der Waals surface area contributed by atoms with Crippen LogP contribution in [0.4, 0.5) is 20.3 Å². The molecule has 0 saturated carbocycles. The van der Waals surface area contributed by atoms with Gasteiger partial charge in [0, 0.05) is 36.0 Å². The van der Waals surface area contributed by atoms with Gasteiger partial charge in [-0.05, 0) is 30.7 Å². The van der Waals surface area contributed by atoms with Crippen LogP contribution in [0.2, 0.25) is 0 Å². The van der Waals surface area contributed by atoms with E-state index in [1.54, 1.807) is 44.8 Å². The van der Waals surface area contributed by atoms with E-state index < -0.39 is 21.9 Å². The summed E-state index contributed by atoms with van der Waals surface area (Å²) in [6, 6.07) is 6.18. The maximum Gasteiger partial charge on any atom is 0.181 e. The van der Waals surface area contributed by atoms with Crippen LogP contribution in [-0.2, 0) is 16.9 Å². The van der Waals surface area contributed by atoms with Crippen LogP contribution in [0.5, 0.6) is 5.75 Å². The molecule has 3 aromatic heterocycles. The molecule has 2 atom stereocenters. The summed E-state index contributed by atoms with van der Waals surface area (Å²) in [6.07, 6.45) is 7.99. The lowest BCUT2D eigenvalue weighted by atomic mass is 9.86. The molecule has 38 heavy (non-hydrogen) atoms. The van der Waals surface area contributed by atoms with Crippen LogP contribution >= 0.6 is 11.8 Å². The number of aliphatic imine (C=N–C) groups is 1. The Kier molecular flexibility index (Phi) is 5.80. The molecule has 4 heterocycles. The number of amidine groups is 1. The van der Waals surface area contributed by atoms with E-state index in [1.807, 2.05) is 6.08 Å². The zero-order valence-corrected chi connectivity index (χ0v) is 21.2. The summed E-state index contributed by atoms with van der Waals surface area (Å²) in [7, 11) is 1.58. The molecular weight excluding hydrogens is 514 g/mol. The number of anilines is 2. The van der Waals surface area contributed by atoms with Gasteiger partial charge in [0.2, 0.25) is 0 Å². The van der Waals surface area contributed by atoms with E-state index in [-0.39, 0.29) is 23.0 Å². The quantitative estimate of drug-likeness (QED) is 0.305. The minimum atomic E-state index is -1.18. The molecule has 6 rings (SSSR count). The van der Waals surface area contributed by atoms with Crippen LogP contribution < -0.4 is 15.8 Å². The van der Waals surface area contributed by atoms with E-state index >= 15 is 4.39 Å². The van der Waals surface area contributed by atoms with Crippen LogP contribution in [0.1, 0.15) is 18.2 Å². The van der Waals surface area contributed by atoms with Gasteiger partial charge in [0.15, 0.2) is 34.8 Å². The van der Waals surface area contributed by atoms with E-state index in [9.17, 15) is 4.39 Å². The third kappa shape index (κ3) is 4.15. The first-order valence-electron chi connectivity index (χ1n) is 11.6. The van der Waals surface area contributed by atoms with Gasteiger partial charge in [-0.3, -0.25) is 0 Å². The number of oxazole rings is 1. The second-order valence-corrected chi connectivity index (χ2v) is 10.5. The third-order valence-corrected chi connectivity index (χ3v) is 7.63. The largest absolute Gasteiger partial charge is 0.484 e. The van der Waals surface area contributed by atoms with Crippen molar-refractivity contribution in [3.63, 3.8) is 0 Å². The van der Waals surface area contributed by atoms with Crippen molar-refractivity contribution >= 4 is 39.3 Å². The molecule has 3 N–H and O–H groups in total. The summed E-state index contributed by atoms with van der Waals surface area (Å²) < 4.78 is 45.9. The van der Waals surface area contributed by atoms with Gasteiger partial charge in [-0.1, -0.05) is 17.8 Å². The molecule has 4 aromatic rings. The summed E-state index contributed by atoms with van der Waals surface area (Å²) in [5.74, 6) is -0.537. The Balaban J connectivity index is 1.32. The summed E-state index contributed by atoms with van der Waals surface area (Å²) >= 11 is 1.35. The number of hydrogen-bond acceptors (Lipinski definition) is 10. The average Bonchev–Trinajstić information content (AvgIpc) is 3.36. The van der Waals surface area contributed by atoms with Gasteiger partial charge in [0.25, 0.3) is 0 Å². The fourth-order valence-corrected chi connectivity index (χ4v) is 5.99. The number of halogens is 2. The molecule has 194 valence electrons. The molecule has 1 aromatic carbocycles. The maximum absolute atomic E-state index is 15.2. The fraction of sp³-hybridized carbons (Fsp3) is 0.231. The molecule has 0 unspecified atom stereocenters. The lowest BCUT2D eigenvalue weighted by Crippen LogP contribution is -2.37. The normalized spacial score (nSPS) is 22.0. The number of fused-ring (bicyclic) bond motifs is 2. The zero-order valence-electron chi connectivity index (χ0n) is 20.4. The van der Waals surface area contributed by atoms with E-state index in [0.717, 1.165) is 17.0 Å². The van der Waals surface area contributed by atoms with Crippen molar-refractivity contribution < 1.29 is 22.7 Å². The van der Waals surface area contributed by atoms with Crippen molar-refractivity contribution in [1.29, 1.82) is 0 Å². The van der Waals surface area contributed by atoms with Crippen LogP contribution in [0.3, 0.4) is 0 Å². The van der Waals surface area contributed by atoms with Crippen molar-refractivity contribution in [2.75, 3.05) is 19.0 Å². The third-order valence-electron chi connectivity index (χ3n) is 6.51. The Hall–Kier alpha value is -4.03. The summed E-state index contributed by atoms with van der Waals surface area (Å²) in [5, 5.41) is 4.10. The van der Waals surface area contributed by atoms with Crippen molar-refractivity contribution in [3.8, 4) is 5.75 Å². The highest BCUT2D eigenvalue weighted by Gasteiger charge is 2.58. The van der Waals surface area contributed by atoms with Gasteiger partial charge in [-0.15, -0.1) is 0 Å². The Bertz CT molecular complexity index is 1610. The highest BCUT2D eigenvalue weighted by atomic mass is 32.2. The Morgan fingerprint density at radius 1 is 1.18 bits per heavy atom. The molecule has 1 aliphatic carbocycles. The molecule has 0 bridgehead atoms. The first-order valence-corrected chi connectivity index (χ1v) is 12.4. The van der Waals surface area contributed by atoms with Crippen molar-refractivity contribution in [1.82, 2.24) is 15.0 Å². The molecule has 0 amide bonds. The fourth-order valence-electron chi connectivity index (χ4n) is 4.72. The minimum absolute atomic E-state index is 0.0591. The first-order chi connectivity index (χ1) is 18.3. The molecule has 0 radical (unpaired) electrons. The van der Waals surface area contributed by atoms with E-state index in [4.69, 9.17) is 19.6 Å². The molecule has 0 saturated heterocycles. The number of nitrogens with two attached hydrogens (primary N) is 1. The number of methoxy groups -OCH3 is 1. The van der Waals surface area contributed by atoms with Crippen molar-refractivity contribution in [3.05, 3.63) is 83.9 Å². The van der Waals surface area contributed by atoms with Crippen LogP contribution in [0.15, 0.2) is 70.3 Å². The topological polar surface area (TPSA) is 121 Å². The van der Waals surface area contributed by atoms with E-state index in [2.05, 4.69) is 25.3 Å². The number of ether oxygens (including phenoxy) is 2. The highest BCUT2D eigenvalue weighted by molar-refractivity contribution is 8.15. The summed E-state index contributed by atoms with van der Waals surface area (Å²) in [4.78, 5) is 17.2. The lowest BCUT2D eigenvalue weighted by Gasteiger charge is -2.34. The van der Waals surface area contributed by atoms with Crippen LogP contribution in [0, 0.1) is 11.6 Å². The number of benzene rings is 1. The molecule has 1 aliphatic heterocycles. The predicted molar refractivity (Wildman–Crippen MR) is 139 cm³/mol. The van der Waals surface area contributed by atoms with E-state index in [0.29, 0.717) is 29.5 Å². The van der Waals surface area contributed by atoms with Crippen molar-refractivity contribution in [2.24, 2.45) is 10.7 Å². The number of hydrogen-bond donors (Lipinski definition) is 2. The number of nitrogens with zero attached hydrogens (tertiary/aromatic N) is 4. The zero-order chi connectivity index (χ0) is 26.5. The Labute approximate surface area is 220 Å². The smallest absolute Gasteiger partial charge is 0.181 e. The Morgan fingerprint density at radius 3 is 2.84 bits per heavy atom. The van der Waals surface area contributed by atoms with Crippen LogP contribution in [-0.4, -0.2) is 38.6 Å². The maximum atomic E-state index is 15.2. The second-order valence-electron chi connectivity index (χ2n) is 9.11. The lowest BCUT2D eigenvalue weighted by molar-refractivity contribution is 0.196. The molecule has 0 spiro atoms. The van der Waals surface area contributed by atoms with Gasteiger partial charge in [-0.2, -0.15) is 0 Å². The standard InChI is InChI=1S/C26H22F2N6O3S/c1-25(20-8-26(20,12-35-2)38-24(29)34-25)18-6-15(7-19(27)21(18)28)33-23-22-14(3-4-31-23)5-16(10-32-22)36-11-17-9-30-13-37-17/h3-10,13H,11-12H2,1-2H3,(H2,29,34)(H,31,33)/t25-,26-/m1/s1. The Morgan fingerprint density at radius 2 is 2.05 bits per heavy atom. The first kappa shape index (κ1) is 24.3. The van der Waals surface area contributed by atoms with Crippen molar-refractivity contribution in [2.45, 2.75) is 23.8 Å². The number of nitrogens with one attached hydrogen (secondary N) is 1.